The molecule has 0 fully saturated rings. The number of nitrogens with one attached hydrogen (secondary N) is 2. The molecule has 2 aromatic carbocycles. The van der Waals surface area contributed by atoms with E-state index in [9.17, 15) is 4.79 Å². The number of amides is 1. The second-order valence-electron chi connectivity index (χ2n) is 6.57. The first kappa shape index (κ1) is 20.2. The van der Waals surface area contributed by atoms with Gasteiger partial charge >= 0.3 is 0 Å². The maximum absolute atomic E-state index is 12.4. The van der Waals surface area contributed by atoms with Gasteiger partial charge in [-0.2, -0.15) is 0 Å². The van der Waals surface area contributed by atoms with Crippen molar-refractivity contribution in [1.29, 1.82) is 0 Å². The Hall–Kier alpha value is -3.54. The minimum Gasteiger partial charge on any atom is -0.493 e. The topological polar surface area (TPSA) is 72.5 Å². The number of anilines is 2. The number of carbonyl (C=O) groups is 1. The largest absolute Gasteiger partial charge is 0.493 e. The Morgan fingerprint density at radius 2 is 1.79 bits per heavy atom. The van der Waals surface area contributed by atoms with Crippen LogP contribution in [0.1, 0.15) is 21.5 Å². The normalized spacial score (nSPS) is 10.3. The van der Waals surface area contributed by atoms with Crippen molar-refractivity contribution in [3.05, 3.63) is 77.5 Å². The molecule has 1 heterocycles. The number of pyridine rings is 1. The van der Waals surface area contributed by atoms with Crippen molar-refractivity contribution in [2.45, 2.75) is 13.3 Å². The molecular weight excluding hydrogens is 366 g/mol. The Kier molecular flexibility index (Phi) is 6.68. The molecule has 2 N–H and O–H groups in total. The van der Waals surface area contributed by atoms with Gasteiger partial charge in [0.15, 0.2) is 11.5 Å². The molecular formula is C23H25N3O3. The van der Waals surface area contributed by atoms with Gasteiger partial charge in [-0.05, 0) is 54.8 Å². The van der Waals surface area contributed by atoms with Crippen LogP contribution in [0.3, 0.4) is 0 Å². The monoisotopic (exact) mass is 391 g/mol. The van der Waals surface area contributed by atoms with Gasteiger partial charge in [0.25, 0.3) is 5.91 Å². The Labute approximate surface area is 170 Å². The highest BCUT2D eigenvalue weighted by atomic mass is 16.5. The average molecular weight is 391 g/mol. The van der Waals surface area contributed by atoms with Crippen LogP contribution in [0, 0.1) is 6.92 Å². The summed E-state index contributed by atoms with van der Waals surface area (Å²) in [6, 6.07) is 17.3. The summed E-state index contributed by atoms with van der Waals surface area (Å²) in [7, 11) is 3.21. The van der Waals surface area contributed by atoms with Crippen LogP contribution < -0.4 is 20.1 Å². The van der Waals surface area contributed by atoms with Crippen LogP contribution in [0.5, 0.6) is 11.5 Å². The zero-order chi connectivity index (χ0) is 20.6. The van der Waals surface area contributed by atoms with E-state index >= 15 is 0 Å². The molecule has 0 bridgehead atoms. The van der Waals surface area contributed by atoms with Gasteiger partial charge in [-0.15, -0.1) is 0 Å². The van der Waals surface area contributed by atoms with Gasteiger partial charge in [-0.3, -0.25) is 4.79 Å². The highest BCUT2D eigenvalue weighted by Crippen LogP contribution is 2.27. The minimum atomic E-state index is -0.152. The first-order valence-electron chi connectivity index (χ1n) is 9.38. The standard InChI is InChI=1S/C23H25N3O3/c1-16-6-4-5-7-19(16)26-22-11-9-18(15-25-22)23(27)24-13-12-17-8-10-20(28-2)21(14-17)29-3/h4-11,14-15H,12-13H2,1-3H3,(H,24,27)(H,25,26). The van der Waals surface area contributed by atoms with Gasteiger partial charge in [0.1, 0.15) is 5.82 Å². The van der Waals surface area contributed by atoms with Crippen molar-refractivity contribution in [3.63, 3.8) is 0 Å². The number of benzene rings is 2. The lowest BCUT2D eigenvalue weighted by Crippen LogP contribution is -2.25. The van der Waals surface area contributed by atoms with E-state index in [-0.39, 0.29) is 5.91 Å². The fourth-order valence-electron chi connectivity index (χ4n) is 2.91. The number of para-hydroxylation sites is 1. The molecule has 6 nitrogen and oxygen atoms in total. The molecule has 0 spiro atoms. The Bertz CT molecular complexity index is 971. The quantitative estimate of drug-likeness (QED) is 0.604. The first-order valence-corrected chi connectivity index (χ1v) is 9.38. The van der Waals surface area contributed by atoms with Crippen molar-refractivity contribution < 1.29 is 14.3 Å². The number of carbonyl (C=O) groups excluding carboxylic acids is 1. The molecule has 3 aromatic rings. The lowest BCUT2D eigenvalue weighted by Gasteiger charge is -2.11. The smallest absolute Gasteiger partial charge is 0.252 e. The number of aromatic nitrogens is 1. The van der Waals surface area contributed by atoms with Gasteiger partial charge in [0, 0.05) is 18.4 Å². The van der Waals surface area contributed by atoms with Crippen LogP contribution in [0.15, 0.2) is 60.8 Å². The van der Waals surface area contributed by atoms with Crippen LogP contribution in [0.25, 0.3) is 0 Å². The third-order valence-electron chi connectivity index (χ3n) is 4.58. The molecule has 150 valence electrons. The number of methoxy groups -OCH3 is 2. The Morgan fingerprint density at radius 3 is 2.48 bits per heavy atom. The molecule has 0 unspecified atom stereocenters. The van der Waals surface area contributed by atoms with Crippen LogP contribution >= 0.6 is 0 Å². The second-order valence-corrected chi connectivity index (χ2v) is 6.57. The van der Waals surface area contributed by atoms with Crippen molar-refractivity contribution in [2.24, 2.45) is 0 Å². The van der Waals surface area contributed by atoms with E-state index in [1.165, 1.54) is 0 Å². The van der Waals surface area contributed by atoms with Crippen molar-refractivity contribution >= 4 is 17.4 Å². The summed E-state index contributed by atoms with van der Waals surface area (Å²) < 4.78 is 10.5. The predicted molar refractivity (Wildman–Crippen MR) is 114 cm³/mol. The van der Waals surface area contributed by atoms with E-state index in [2.05, 4.69) is 15.6 Å². The van der Waals surface area contributed by atoms with Crippen molar-refractivity contribution in [3.8, 4) is 11.5 Å². The summed E-state index contributed by atoms with van der Waals surface area (Å²) in [5.41, 5.74) is 3.70. The zero-order valence-electron chi connectivity index (χ0n) is 16.9. The second kappa shape index (κ2) is 9.59. The van der Waals surface area contributed by atoms with Crippen LogP contribution in [-0.2, 0) is 6.42 Å². The van der Waals surface area contributed by atoms with Crippen LogP contribution in [-0.4, -0.2) is 31.7 Å². The third kappa shape index (κ3) is 5.25. The van der Waals surface area contributed by atoms with Crippen LogP contribution in [0.2, 0.25) is 0 Å². The van der Waals surface area contributed by atoms with Gasteiger partial charge in [-0.1, -0.05) is 24.3 Å². The number of nitrogens with zero attached hydrogens (tertiary/aromatic N) is 1. The Morgan fingerprint density at radius 1 is 1.00 bits per heavy atom. The van der Waals surface area contributed by atoms with Gasteiger partial charge in [0.05, 0.1) is 19.8 Å². The van der Waals surface area contributed by atoms with Crippen molar-refractivity contribution in [2.75, 3.05) is 26.1 Å². The molecule has 1 amide bonds. The molecule has 6 heteroatoms. The van der Waals surface area contributed by atoms with Gasteiger partial charge in [0.2, 0.25) is 0 Å². The third-order valence-corrected chi connectivity index (χ3v) is 4.58. The van der Waals surface area contributed by atoms with E-state index in [1.54, 1.807) is 32.5 Å². The van der Waals surface area contributed by atoms with Gasteiger partial charge < -0.3 is 20.1 Å². The predicted octanol–water partition coefficient (Wildman–Crippen LogP) is 4.12. The SMILES string of the molecule is COc1ccc(CCNC(=O)c2ccc(Nc3ccccc3C)nc2)cc1OC. The molecule has 0 atom stereocenters. The summed E-state index contributed by atoms with van der Waals surface area (Å²) >= 11 is 0. The zero-order valence-corrected chi connectivity index (χ0v) is 16.9. The highest BCUT2D eigenvalue weighted by Gasteiger charge is 2.08. The lowest BCUT2D eigenvalue weighted by molar-refractivity contribution is 0.0954. The number of rotatable bonds is 8. The summed E-state index contributed by atoms with van der Waals surface area (Å²) in [4.78, 5) is 16.7. The molecule has 29 heavy (non-hydrogen) atoms. The number of hydrogen-bond acceptors (Lipinski definition) is 5. The van der Waals surface area contributed by atoms with E-state index in [0.717, 1.165) is 16.8 Å². The molecule has 3 rings (SSSR count). The minimum absolute atomic E-state index is 0.152. The van der Waals surface area contributed by atoms with E-state index < -0.39 is 0 Å². The maximum atomic E-state index is 12.4. The molecule has 0 aliphatic rings. The lowest BCUT2D eigenvalue weighted by atomic mass is 10.1. The molecule has 0 aliphatic carbocycles. The first-order chi connectivity index (χ1) is 14.1. The summed E-state index contributed by atoms with van der Waals surface area (Å²) in [5.74, 6) is 1.91. The van der Waals surface area contributed by atoms with Crippen molar-refractivity contribution in [1.82, 2.24) is 10.3 Å². The number of ether oxygens (including phenoxy) is 2. The highest BCUT2D eigenvalue weighted by molar-refractivity contribution is 5.94. The van der Waals surface area contributed by atoms with E-state index in [4.69, 9.17) is 9.47 Å². The Balaban J connectivity index is 1.54. The molecule has 0 aliphatic heterocycles. The fraction of sp³-hybridized carbons (Fsp3) is 0.217. The number of aryl methyl sites for hydroxylation is 1. The van der Waals surface area contributed by atoms with Gasteiger partial charge in [-0.25, -0.2) is 4.98 Å². The summed E-state index contributed by atoms with van der Waals surface area (Å²) in [6.45, 7) is 2.54. The van der Waals surface area contributed by atoms with Crippen LogP contribution in [0.4, 0.5) is 11.5 Å². The average Bonchev–Trinajstić information content (AvgIpc) is 2.75. The fourth-order valence-corrected chi connectivity index (χ4v) is 2.91. The summed E-state index contributed by atoms with van der Waals surface area (Å²) in [5, 5.41) is 6.18. The van der Waals surface area contributed by atoms with E-state index in [0.29, 0.717) is 35.8 Å². The summed E-state index contributed by atoms with van der Waals surface area (Å²) in [6.07, 6.45) is 2.26. The number of hydrogen-bond donors (Lipinski definition) is 2. The molecule has 0 saturated heterocycles. The molecule has 0 saturated carbocycles. The maximum Gasteiger partial charge on any atom is 0.252 e. The van der Waals surface area contributed by atoms with E-state index in [1.807, 2.05) is 49.4 Å². The molecule has 0 radical (unpaired) electrons. The molecule has 1 aromatic heterocycles.